The molecule has 4 rings (SSSR count). The standard InChI is InChI=1S/C31H38N2O2/c1-22-11-13-23(14-12-22)19-30(34)33-27(24-9-7-6-8-10-24)16-18-29(33)32-21-25-20-26(31(2,3)4)15-17-28(25)35-5/h6-15,17,20,27,29,32H,16,18-19,21H2,1-5H3. The number of ether oxygens (including phenoxy) is 1. The van der Waals surface area contributed by atoms with E-state index in [9.17, 15) is 4.79 Å². The number of hydrogen-bond donors (Lipinski definition) is 1. The number of rotatable bonds is 7. The van der Waals surface area contributed by atoms with Crippen LogP contribution >= 0.6 is 0 Å². The summed E-state index contributed by atoms with van der Waals surface area (Å²) in [6, 6.07) is 25.2. The van der Waals surface area contributed by atoms with Crippen LogP contribution < -0.4 is 10.1 Å². The maximum absolute atomic E-state index is 13.7. The Bertz CT molecular complexity index is 1130. The van der Waals surface area contributed by atoms with E-state index in [0.717, 1.165) is 29.7 Å². The minimum atomic E-state index is -0.0267. The second-order valence-electron chi connectivity index (χ2n) is 10.6. The van der Waals surface area contributed by atoms with Crippen molar-refractivity contribution < 1.29 is 9.53 Å². The highest BCUT2D eigenvalue weighted by Crippen LogP contribution is 2.36. The molecule has 1 aliphatic rings. The van der Waals surface area contributed by atoms with Gasteiger partial charge < -0.3 is 9.64 Å². The fourth-order valence-corrected chi connectivity index (χ4v) is 4.94. The van der Waals surface area contributed by atoms with Gasteiger partial charge in [0.15, 0.2) is 0 Å². The smallest absolute Gasteiger partial charge is 0.228 e. The van der Waals surface area contributed by atoms with Crippen molar-refractivity contribution in [3.63, 3.8) is 0 Å². The van der Waals surface area contributed by atoms with Gasteiger partial charge in [-0.2, -0.15) is 0 Å². The zero-order valence-corrected chi connectivity index (χ0v) is 21.7. The average molecular weight is 471 g/mol. The summed E-state index contributed by atoms with van der Waals surface area (Å²) in [5, 5.41) is 3.70. The minimum Gasteiger partial charge on any atom is -0.496 e. The third kappa shape index (κ3) is 5.94. The van der Waals surface area contributed by atoms with Crippen molar-refractivity contribution in [1.29, 1.82) is 0 Å². The van der Waals surface area contributed by atoms with Gasteiger partial charge in [0.05, 0.1) is 25.7 Å². The highest BCUT2D eigenvalue weighted by atomic mass is 16.5. The molecule has 3 aromatic rings. The zero-order chi connectivity index (χ0) is 25.0. The summed E-state index contributed by atoms with van der Waals surface area (Å²) in [4.78, 5) is 15.8. The van der Waals surface area contributed by atoms with Crippen LogP contribution in [0, 0.1) is 6.92 Å². The van der Waals surface area contributed by atoms with Gasteiger partial charge in [-0.25, -0.2) is 0 Å². The summed E-state index contributed by atoms with van der Waals surface area (Å²) in [5.74, 6) is 1.04. The number of methoxy groups -OCH3 is 1. The number of hydrogen-bond acceptors (Lipinski definition) is 3. The highest BCUT2D eigenvalue weighted by molar-refractivity contribution is 5.80. The average Bonchev–Trinajstić information content (AvgIpc) is 3.28. The topological polar surface area (TPSA) is 41.6 Å². The van der Waals surface area contributed by atoms with Crippen LogP contribution in [0.15, 0.2) is 72.8 Å². The van der Waals surface area contributed by atoms with Gasteiger partial charge in [-0.1, -0.05) is 93.1 Å². The third-order valence-corrected chi connectivity index (χ3v) is 7.01. The SMILES string of the molecule is COc1ccc(C(C)(C)C)cc1CNC1CCC(c2ccccc2)N1C(=O)Cc1ccc(C)cc1. The largest absolute Gasteiger partial charge is 0.496 e. The number of aryl methyl sites for hydroxylation is 1. The molecule has 0 saturated carbocycles. The molecule has 35 heavy (non-hydrogen) atoms. The van der Waals surface area contributed by atoms with E-state index in [2.05, 4.69) is 105 Å². The lowest BCUT2D eigenvalue weighted by molar-refractivity contribution is -0.134. The lowest BCUT2D eigenvalue weighted by Gasteiger charge is -2.32. The van der Waals surface area contributed by atoms with E-state index in [1.54, 1.807) is 7.11 Å². The zero-order valence-electron chi connectivity index (χ0n) is 21.7. The lowest BCUT2D eigenvalue weighted by atomic mass is 9.86. The molecule has 184 valence electrons. The Labute approximate surface area is 210 Å². The summed E-state index contributed by atoms with van der Waals surface area (Å²) in [6.45, 7) is 9.38. The van der Waals surface area contributed by atoms with E-state index in [4.69, 9.17) is 4.74 Å². The molecule has 2 atom stereocenters. The molecule has 1 amide bonds. The number of amides is 1. The maximum atomic E-state index is 13.7. The van der Waals surface area contributed by atoms with Crippen LogP contribution in [-0.4, -0.2) is 24.1 Å². The Morgan fingerprint density at radius 2 is 1.71 bits per heavy atom. The second kappa shape index (κ2) is 10.7. The predicted octanol–water partition coefficient (Wildman–Crippen LogP) is 6.32. The first-order chi connectivity index (χ1) is 16.8. The molecule has 1 fully saturated rings. The van der Waals surface area contributed by atoms with Crippen molar-refractivity contribution in [2.75, 3.05) is 7.11 Å². The first-order valence-corrected chi connectivity index (χ1v) is 12.6. The van der Waals surface area contributed by atoms with Gasteiger partial charge in [-0.05, 0) is 47.9 Å². The summed E-state index contributed by atoms with van der Waals surface area (Å²) < 4.78 is 5.66. The highest BCUT2D eigenvalue weighted by Gasteiger charge is 2.37. The number of carbonyl (C=O) groups is 1. The summed E-state index contributed by atoms with van der Waals surface area (Å²) in [5.41, 5.74) is 5.91. The van der Waals surface area contributed by atoms with E-state index in [0.29, 0.717) is 13.0 Å². The van der Waals surface area contributed by atoms with Gasteiger partial charge in [0.1, 0.15) is 5.75 Å². The van der Waals surface area contributed by atoms with Crippen LogP contribution in [0.25, 0.3) is 0 Å². The molecule has 0 aromatic heterocycles. The van der Waals surface area contributed by atoms with Crippen molar-refractivity contribution in [3.8, 4) is 5.75 Å². The fourth-order valence-electron chi connectivity index (χ4n) is 4.94. The van der Waals surface area contributed by atoms with Crippen LogP contribution in [0.5, 0.6) is 5.75 Å². The first-order valence-electron chi connectivity index (χ1n) is 12.6. The second-order valence-corrected chi connectivity index (χ2v) is 10.6. The molecule has 0 radical (unpaired) electrons. The van der Waals surface area contributed by atoms with Crippen LogP contribution in [0.3, 0.4) is 0 Å². The summed E-state index contributed by atoms with van der Waals surface area (Å²) in [6.07, 6.45) is 2.24. The van der Waals surface area contributed by atoms with Gasteiger partial charge in [-0.15, -0.1) is 0 Å². The Balaban J connectivity index is 1.57. The third-order valence-electron chi connectivity index (χ3n) is 7.01. The molecule has 1 aliphatic heterocycles. The van der Waals surface area contributed by atoms with Crippen LogP contribution in [0.1, 0.15) is 67.5 Å². The van der Waals surface area contributed by atoms with Gasteiger partial charge in [0.2, 0.25) is 5.91 Å². The van der Waals surface area contributed by atoms with Crippen molar-refractivity contribution in [2.45, 2.75) is 71.1 Å². The quantitative estimate of drug-likeness (QED) is 0.439. The van der Waals surface area contributed by atoms with Gasteiger partial charge in [0, 0.05) is 12.1 Å². The van der Waals surface area contributed by atoms with Gasteiger partial charge in [0.25, 0.3) is 0 Å². The first kappa shape index (κ1) is 25.0. The molecule has 1 N–H and O–H groups in total. The van der Waals surface area contributed by atoms with Crippen molar-refractivity contribution in [3.05, 3.63) is 101 Å². The van der Waals surface area contributed by atoms with Gasteiger partial charge >= 0.3 is 0 Å². The Morgan fingerprint density at radius 3 is 2.37 bits per heavy atom. The van der Waals surface area contributed by atoms with Crippen LogP contribution in [-0.2, 0) is 23.2 Å². The lowest BCUT2D eigenvalue weighted by Crippen LogP contribution is -2.46. The minimum absolute atomic E-state index is 0.0267. The predicted molar refractivity (Wildman–Crippen MR) is 142 cm³/mol. The van der Waals surface area contributed by atoms with Crippen LogP contribution in [0.4, 0.5) is 0 Å². The molecule has 1 heterocycles. The molecule has 4 nitrogen and oxygen atoms in total. The van der Waals surface area contributed by atoms with E-state index in [1.165, 1.54) is 16.7 Å². The molecular weight excluding hydrogens is 432 g/mol. The van der Waals surface area contributed by atoms with Gasteiger partial charge in [-0.3, -0.25) is 10.1 Å². The molecular formula is C31H38N2O2. The van der Waals surface area contributed by atoms with E-state index in [-0.39, 0.29) is 23.5 Å². The number of carbonyl (C=O) groups excluding carboxylic acids is 1. The fraction of sp³-hybridized carbons (Fsp3) is 0.387. The van der Waals surface area contributed by atoms with Crippen molar-refractivity contribution >= 4 is 5.91 Å². The molecule has 1 saturated heterocycles. The summed E-state index contributed by atoms with van der Waals surface area (Å²) >= 11 is 0. The van der Waals surface area contributed by atoms with Crippen molar-refractivity contribution in [1.82, 2.24) is 10.2 Å². The summed E-state index contributed by atoms with van der Waals surface area (Å²) in [7, 11) is 1.72. The van der Waals surface area contributed by atoms with E-state index >= 15 is 0 Å². The number of nitrogens with one attached hydrogen (secondary N) is 1. The molecule has 2 unspecified atom stereocenters. The molecule has 0 aliphatic carbocycles. The van der Waals surface area contributed by atoms with E-state index in [1.807, 2.05) is 6.07 Å². The maximum Gasteiger partial charge on any atom is 0.228 e. The monoisotopic (exact) mass is 470 g/mol. The Hall–Kier alpha value is -3.11. The number of benzene rings is 3. The number of nitrogens with zero attached hydrogens (tertiary/aromatic N) is 1. The number of likely N-dealkylation sites (tertiary alicyclic amines) is 1. The molecule has 0 spiro atoms. The molecule has 4 heteroatoms. The van der Waals surface area contributed by atoms with E-state index < -0.39 is 0 Å². The van der Waals surface area contributed by atoms with Crippen LogP contribution in [0.2, 0.25) is 0 Å². The normalized spacial score (nSPS) is 18.0. The van der Waals surface area contributed by atoms with Crippen molar-refractivity contribution in [2.24, 2.45) is 0 Å². The molecule has 0 bridgehead atoms. The Kier molecular flexibility index (Phi) is 7.61. The molecule has 3 aromatic carbocycles. The Morgan fingerprint density at radius 1 is 1.00 bits per heavy atom.